The van der Waals surface area contributed by atoms with Crippen LogP contribution in [0.2, 0.25) is 0 Å². The van der Waals surface area contributed by atoms with Gasteiger partial charge in [0.05, 0.1) is 18.4 Å². The summed E-state index contributed by atoms with van der Waals surface area (Å²) in [6.07, 6.45) is 1.40. The fraction of sp³-hybridized carbons (Fsp3) is 0.143. The molecule has 19 heavy (non-hydrogen) atoms. The molecule has 1 aromatic heterocycles. The number of rotatable bonds is 4. The van der Waals surface area contributed by atoms with E-state index in [4.69, 9.17) is 14.6 Å². The van der Waals surface area contributed by atoms with Crippen molar-refractivity contribution >= 4 is 5.97 Å². The summed E-state index contributed by atoms with van der Waals surface area (Å²) in [4.78, 5) is 15.3. The molecule has 0 aliphatic heterocycles. The molecule has 2 rings (SSSR count). The minimum Gasteiger partial charge on any atom is -0.493 e. The van der Waals surface area contributed by atoms with Crippen molar-refractivity contribution in [2.24, 2.45) is 0 Å². The highest BCUT2D eigenvalue weighted by molar-refractivity contribution is 5.89. The van der Waals surface area contributed by atoms with E-state index in [2.05, 4.69) is 4.98 Å². The molecule has 0 saturated carbocycles. The predicted molar refractivity (Wildman–Crippen MR) is 68.4 cm³/mol. The Morgan fingerprint density at radius 3 is 2.79 bits per heavy atom. The number of carbonyl (C=O) groups is 1. The summed E-state index contributed by atoms with van der Waals surface area (Å²) in [6.45, 7) is 2.08. The van der Waals surface area contributed by atoms with E-state index in [-0.39, 0.29) is 5.88 Å². The first-order valence-corrected chi connectivity index (χ1v) is 5.79. The zero-order chi connectivity index (χ0) is 13.7. The highest BCUT2D eigenvalue weighted by atomic mass is 16.5. The van der Waals surface area contributed by atoms with E-state index < -0.39 is 5.97 Å². The third-order valence-corrected chi connectivity index (χ3v) is 2.30. The second-order valence-corrected chi connectivity index (χ2v) is 3.70. The van der Waals surface area contributed by atoms with E-state index in [0.717, 1.165) is 0 Å². The molecule has 0 spiro atoms. The molecule has 0 fully saturated rings. The van der Waals surface area contributed by atoms with Gasteiger partial charge in [0.1, 0.15) is 11.5 Å². The van der Waals surface area contributed by atoms with Crippen molar-refractivity contribution in [3.63, 3.8) is 0 Å². The van der Waals surface area contributed by atoms with Crippen molar-refractivity contribution in [3.8, 4) is 17.4 Å². The summed E-state index contributed by atoms with van der Waals surface area (Å²) in [6, 6.07) is 9.67. The van der Waals surface area contributed by atoms with Gasteiger partial charge in [0, 0.05) is 6.07 Å². The second-order valence-electron chi connectivity index (χ2n) is 3.70. The first kappa shape index (κ1) is 12.9. The molecule has 5 heteroatoms. The van der Waals surface area contributed by atoms with Crippen LogP contribution in [0, 0.1) is 0 Å². The van der Waals surface area contributed by atoms with Crippen LogP contribution in [-0.2, 0) is 4.74 Å². The third-order valence-electron chi connectivity index (χ3n) is 2.30. The molecule has 0 bridgehead atoms. The lowest BCUT2D eigenvalue weighted by Gasteiger charge is -2.07. The summed E-state index contributed by atoms with van der Waals surface area (Å²) in [7, 11) is 0. The van der Waals surface area contributed by atoms with Gasteiger partial charge in [0.2, 0.25) is 5.88 Å². The molecule has 0 saturated heterocycles. The van der Waals surface area contributed by atoms with Gasteiger partial charge in [-0.25, -0.2) is 9.78 Å². The van der Waals surface area contributed by atoms with Crippen LogP contribution >= 0.6 is 0 Å². The van der Waals surface area contributed by atoms with Gasteiger partial charge >= 0.3 is 5.97 Å². The average Bonchev–Trinajstić information content (AvgIpc) is 2.42. The smallest absolute Gasteiger partial charge is 0.338 e. The molecule has 0 atom stereocenters. The van der Waals surface area contributed by atoms with Crippen LogP contribution in [0.3, 0.4) is 0 Å². The first-order chi connectivity index (χ1) is 9.19. The largest absolute Gasteiger partial charge is 0.493 e. The minimum absolute atomic E-state index is 0.0763. The maximum absolute atomic E-state index is 11.6. The van der Waals surface area contributed by atoms with Crippen molar-refractivity contribution in [3.05, 3.63) is 48.2 Å². The monoisotopic (exact) mass is 259 g/mol. The molecule has 1 N–H and O–H groups in total. The Hall–Kier alpha value is -2.56. The number of aromatic hydroxyl groups is 1. The Balaban J connectivity index is 2.15. The maximum atomic E-state index is 11.6. The molecule has 1 aromatic carbocycles. The van der Waals surface area contributed by atoms with E-state index >= 15 is 0 Å². The fourth-order valence-electron chi connectivity index (χ4n) is 1.47. The zero-order valence-corrected chi connectivity index (χ0v) is 10.4. The molecule has 5 nitrogen and oxygen atoms in total. The van der Waals surface area contributed by atoms with Gasteiger partial charge in [-0.15, -0.1) is 0 Å². The Labute approximate surface area is 110 Å². The van der Waals surface area contributed by atoms with Gasteiger partial charge in [-0.3, -0.25) is 0 Å². The number of benzene rings is 1. The number of carbonyl (C=O) groups excluding carboxylic acids is 1. The van der Waals surface area contributed by atoms with E-state index in [1.807, 2.05) is 0 Å². The Kier molecular flexibility index (Phi) is 3.97. The molecule has 98 valence electrons. The molecule has 0 radical (unpaired) electrons. The Morgan fingerprint density at radius 2 is 2.11 bits per heavy atom. The third kappa shape index (κ3) is 3.45. The van der Waals surface area contributed by atoms with Crippen molar-refractivity contribution < 1.29 is 19.4 Å². The van der Waals surface area contributed by atoms with Crippen LogP contribution in [-0.4, -0.2) is 22.7 Å². The zero-order valence-electron chi connectivity index (χ0n) is 10.4. The summed E-state index contributed by atoms with van der Waals surface area (Å²) in [5.74, 6) is 0.501. The van der Waals surface area contributed by atoms with E-state index in [9.17, 15) is 4.79 Å². The normalized spacial score (nSPS) is 9.95. The van der Waals surface area contributed by atoms with E-state index in [1.54, 1.807) is 37.3 Å². The van der Waals surface area contributed by atoms with E-state index in [0.29, 0.717) is 23.7 Å². The molecular weight excluding hydrogens is 246 g/mol. The first-order valence-electron chi connectivity index (χ1n) is 5.79. The van der Waals surface area contributed by atoms with Crippen LogP contribution in [0.5, 0.6) is 17.4 Å². The summed E-state index contributed by atoms with van der Waals surface area (Å²) < 4.78 is 10.4. The fourth-order valence-corrected chi connectivity index (χ4v) is 1.47. The standard InChI is InChI=1S/C14H13NO4/c1-2-18-14(17)10-4-3-5-11(8-10)19-12-6-7-13(16)15-9-12/h3-9H,2H2,1H3,(H,15,16). The molecule has 0 aliphatic carbocycles. The van der Waals surface area contributed by atoms with Crippen molar-refractivity contribution in [1.29, 1.82) is 0 Å². The van der Waals surface area contributed by atoms with Crippen LogP contribution in [0.1, 0.15) is 17.3 Å². The van der Waals surface area contributed by atoms with Crippen LogP contribution in [0.4, 0.5) is 0 Å². The summed E-state index contributed by atoms with van der Waals surface area (Å²) >= 11 is 0. The van der Waals surface area contributed by atoms with Crippen LogP contribution < -0.4 is 4.74 Å². The van der Waals surface area contributed by atoms with E-state index in [1.165, 1.54) is 12.3 Å². The summed E-state index contributed by atoms with van der Waals surface area (Å²) in [5, 5.41) is 9.07. The maximum Gasteiger partial charge on any atom is 0.338 e. The van der Waals surface area contributed by atoms with Crippen molar-refractivity contribution in [2.75, 3.05) is 6.61 Å². The molecular formula is C14H13NO4. The number of pyridine rings is 1. The second kappa shape index (κ2) is 5.86. The number of ether oxygens (including phenoxy) is 2. The topological polar surface area (TPSA) is 68.7 Å². The highest BCUT2D eigenvalue weighted by Gasteiger charge is 2.07. The SMILES string of the molecule is CCOC(=O)c1cccc(Oc2ccc(O)nc2)c1. The number of esters is 1. The lowest BCUT2D eigenvalue weighted by molar-refractivity contribution is 0.0526. The van der Waals surface area contributed by atoms with Crippen molar-refractivity contribution in [2.45, 2.75) is 6.92 Å². The number of hydrogen-bond acceptors (Lipinski definition) is 5. The Morgan fingerprint density at radius 1 is 1.26 bits per heavy atom. The van der Waals surface area contributed by atoms with Crippen LogP contribution in [0.15, 0.2) is 42.6 Å². The minimum atomic E-state index is -0.392. The highest BCUT2D eigenvalue weighted by Crippen LogP contribution is 2.22. The van der Waals surface area contributed by atoms with Gasteiger partial charge in [-0.1, -0.05) is 6.07 Å². The quantitative estimate of drug-likeness (QED) is 0.855. The molecule has 1 heterocycles. The Bertz CT molecular complexity index is 566. The number of aromatic nitrogens is 1. The lowest BCUT2D eigenvalue weighted by atomic mass is 10.2. The number of nitrogens with zero attached hydrogens (tertiary/aromatic N) is 1. The van der Waals surface area contributed by atoms with Gasteiger partial charge in [-0.2, -0.15) is 0 Å². The van der Waals surface area contributed by atoms with Gasteiger partial charge in [0.15, 0.2) is 0 Å². The van der Waals surface area contributed by atoms with Gasteiger partial charge < -0.3 is 14.6 Å². The molecule has 0 aliphatic rings. The molecule has 0 amide bonds. The molecule has 2 aromatic rings. The van der Waals surface area contributed by atoms with Gasteiger partial charge in [-0.05, 0) is 31.2 Å². The molecule has 0 unspecified atom stereocenters. The van der Waals surface area contributed by atoms with Crippen molar-refractivity contribution in [1.82, 2.24) is 4.98 Å². The van der Waals surface area contributed by atoms with Crippen LogP contribution in [0.25, 0.3) is 0 Å². The number of hydrogen-bond donors (Lipinski definition) is 1. The van der Waals surface area contributed by atoms with Gasteiger partial charge in [0.25, 0.3) is 0 Å². The average molecular weight is 259 g/mol. The summed E-state index contributed by atoms with van der Waals surface area (Å²) in [5.41, 5.74) is 0.422. The lowest BCUT2D eigenvalue weighted by Crippen LogP contribution is -2.04. The predicted octanol–water partition coefficient (Wildman–Crippen LogP) is 2.76.